The molecule has 7 nitrogen and oxygen atoms in total. The molecule has 202 valence electrons. The van der Waals surface area contributed by atoms with E-state index in [9.17, 15) is 13.2 Å². The Morgan fingerprint density at radius 2 is 1.57 bits per heavy atom. The Labute approximate surface area is 223 Å². The Balaban J connectivity index is 1.71. The lowest BCUT2D eigenvalue weighted by Gasteiger charge is -2.36. The first-order valence-corrected chi connectivity index (χ1v) is 15.4. The molecule has 8 heteroatoms. The molecule has 2 aliphatic rings. The number of piperidine rings is 2. The van der Waals surface area contributed by atoms with E-state index < -0.39 is 9.84 Å². The smallest absolute Gasteiger partial charge is 0.256 e. The molecule has 2 aliphatic heterocycles. The Bertz CT molecular complexity index is 1170. The predicted octanol–water partition coefficient (Wildman–Crippen LogP) is 4.10. The third-order valence-electron chi connectivity index (χ3n) is 7.75. The van der Waals surface area contributed by atoms with Crippen LogP contribution in [0.3, 0.4) is 0 Å². The van der Waals surface area contributed by atoms with E-state index in [1.165, 1.54) is 11.8 Å². The third-order valence-corrected chi connectivity index (χ3v) is 8.88. The van der Waals surface area contributed by atoms with Crippen LogP contribution in [0, 0.1) is 0 Å². The fraction of sp³-hybridized carbons (Fsp3) is 0.552. The number of hydrogen-bond donors (Lipinski definition) is 0. The van der Waals surface area contributed by atoms with Gasteiger partial charge in [-0.1, -0.05) is 30.3 Å². The van der Waals surface area contributed by atoms with Crippen molar-refractivity contribution in [2.24, 2.45) is 0 Å². The number of carbonyl (C=O) groups is 1. The van der Waals surface area contributed by atoms with E-state index in [1.807, 2.05) is 38.2 Å². The van der Waals surface area contributed by atoms with E-state index in [1.54, 1.807) is 6.07 Å². The number of anilines is 2. The minimum atomic E-state index is -3.54. The van der Waals surface area contributed by atoms with Crippen LogP contribution in [0.25, 0.3) is 0 Å². The molecule has 2 aromatic carbocycles. The van der Waals surface area contributed by atoms with E-state index in [-0.39, 0.29) is 10.8 Å². The van der Waals surface area contributed by atoms with Gasteiger partial charge in [-0.2, -0.15) is 0 Å². The van der Waals surface area contributed by atoms with Gasteiger partial charge in [-0.05, 0) is 69.8 Å². The van der Waals surface area contributed by atoms with Crippen molar-refractivity contribution in [1.82, 2.24) is 9.80 Å². The summed E-state index contributed by atoms with van der Waals surface area (Å²) in [6.07, 6.45) is 6.30. The monoisotopic (exact) mass is 526 g/mol. The Hall–Kier alpha value is -2.58. The van der Waals surface area contributed by atoms with Crippen LogP contribution in [-0.2, 0) is 9.84 Å². The van der Waals surface area contributed by atoms with Crippen LogP contribution in [0.4, 0.5) is 11.4 Å². The summed E-state index contributed by atoms with van der Waals surface area (Å²) in [5.41, 5.74) is 3.37. The zero-order chi connectivity index (χ0) is 26.6. The number of likely N-dealkylation sites (tertiary alicyclic amines) is 1. The highest BCUT2D eigenvalue weighted by molar-refractivity contribution is 7.90. The van der Waals surface area contributed by atoms with Crippen molar-refractivity contribution in [3.05, 3.63) is 53.6 Å². The van der Waals surface area contributed by atoms with Gasteiger partial charge >= 0.3 is 0 Å². The maximum absolute atomic E-state index is 13.7. The Morgan fingerprint density at radius 3 is 2.16 bits per heavy atom. The lowest BCUT2D eigenvalue weighted by atomic mass is 9.89. The highest BCUT2D eigenvalue weighted by atomic mass is 32.2. The van der Waals surface area contributed by atoms with E-state index in [0.717, 1.165) is 82.7 Å². The van der Waals surface area contributed by atoms with Gasteiger partial charge in [-0.15, -0.1) is 0 Å². The van der Waals surface area contributed by atoms with Crippen LogP contribution < -0.4 is 9.80 Å². The lowest BCUT2D eigenvalue weighted by Crippen LogP contribution is -2.38. The highest BCUT2D eigenvalue weighted by Crippen LogP contribution is 2.38. The average Bonchev–Trinajstić information content (AvgIpc) is 2.91. The molecule has 0 unspecified atom stereocenters. The summed E-state index contributed by atoms with van der Waals surface area (Å²) >= 11 is 0. The molecule has 2 heterocycles. The molecule has 1 amide bonds. The number of hydrogen-bond acceptors (Lipinski definition) is 6. The molecule has 0 spiro atoms. The second kappa shape index (κ2) is 11.9. The van der Waals surface area contributed by atoms with Crippen LogP contribution in [0.2, 0.25) is 0 Å². The number of rotatable bonds is 8. The second-order valence-corrected chi connectivity index (χ2v) is 12.8. The van der Waals surface area contributed by atoms with Gasteiger partial charge in [-0.3, -0.25) is 4.79 Å². The van der Waals surface area contributed by atoms with Crippen LogP contribution >= 0.6 is 0 Å². The van der Waals surface area contributed by atoms with Crippen molar-refractivity contribution in [3.63, 3.8) is 0 Å². The van der Waals surface area contributed by atoms with Gasteiger partial charge in [-0.25, -0.2) is 8.42 Å². The number of carbonyl (C=O) groups excluding carboxylic acids is 1. The van der Waals surface area contributed by atoms with Gasteiger partial charge < -0.3 is 19.6 Å². The molecule has 0 radical (unpaired) electrons. The predicted molar refractivity (Wildman–Crippen MR) is 152 cm³/mol. The van der Waals surface area contributed by atoms with Crippen LogP contribution in [-0.4, -0.2) is 90.8 Å². The van der Waals surface area contributed by atoms with Crippen molar-refractivity contribution in [1.29, 1.82) is 0 Å². The molecule has 0 aliphatic carbocycles. The molecule has 4 rings (SSSR count). The van der Waals surface area contributed by atoms with Crippen LogP contribution in [0.15, 0.2) is 47.4 Å². The van der Waals surface area contributed by atoms with Gasteiger partial charge in [0.25, 0.3) is 5.91 Å². The molecule has 37 heavy (non-hydrogen) atoms. The average molecular weight is 527 g/mol. The molecule has 0 bridgehead atoms. The largest absolute Gasteiger partial charge is 0.373 e. The quantitative estimate of drug-likeness (QED) is 0.516. The fourth-order valence-electron chi connectivity index (χ4n) is 5.51. The van der Waals surface area contributed by atoms with E-state index >= 15 is 0 Å². The molecular formula is C29H42N4O3S. The van der Waals surface area contributed by atoms with E-state index in [4.69, 9.17) is 0 Å². The first-order chi connectivity index (χ1) is 17.6. The number of likely N-dealkylation sites (N-methyl/N-ethyl adjacent to an activating group) is 2. The molecule has 2 fully saturated rings. The van der Waals surface area contributed by atoms with Gasteiger partial charge in [0.2, 0.25) is 0 Å². The second-order valence-electron chi connectivity index (χ2n) is 10.9. The topological polar surface area (TPSA) is 64.2 Å². The summed E-state index contributed by atoms with van der Waals surface area (Å²) in [7, 11) is 2.52. The third kappa shape index (κ3) is 6.65. The molecule has 2 aromatic rings. The van der Waals surface area contributed by atoms with E-state index in [0.29, 0.717) is 11.5 Å². The number of amides is 1. The number of benzene rings is 2. The highest BCUT2D eigenvalue weighted by Gasteiger charge is 2.30. The molecule has 0 saturated carbocycles. The van der Waals surface area contributed by atoms with Crippen LogP contribution in [0.1, 0.15) is 53.9 Å². The molecule has 0 atom stereocenters. The van der Waals surface area contributed by atoms with Gasteiger partial charge in [0.05, 0.1) is 21.8 Å². The van der Waals surface area contributed by atoms with Crippen molar-refractivity contribution in [2.45, 2.75) is 42.9 Å². The van der Waals surface area contributed by atoms with Gasteiger partial charge in [0.15, 0.2) is 9.84 Å². The maximum Gasteiger partial charge on any atom is 0.256 e. The standard InChI is InChI=1S/C29H42N4O3S/c1-30(2)19-20-31(3)26-22-27(32-17-13-24(14-18-32)23-11-7-5-8-12-23)28(37(4,35)36)21-25(26)29(34)33-15-9-6-10-16-33/h5,7-8,11-12,21-22,24H,6,9-10,13-20H2,1-4H3. The molecular weight excluding hydrogens is 484 g/mol. The minimum Gasteiger partial charge on any atom is -0.373 e. The summed E-state index contributed by atoms with van der Waals surface area (Å²) in [4.78, 5) is 22.3. The summed E-state index contributed by atoms with van der Waals surface area (Å²) in [5, 5.41) is 0. The van der Waals surface area contributed by atoms with Crippen molar-refractivity contribution in [3.8, 4) is 0 Å². The van der Waals surface area contributed by atoms with Crippen LogP contribution in [0.5, 0.6) is 0 Å². The van der Waals surface area contributed by atoms with Crippen molar-refractivity contribution < 1.29 is 13.2 Å². The Kier molecular flexibility index (Phi) is 8.80. The fourth-order valence-corrected chi connectivity index (χ4v) is 6.41. The zero-order valence-electron chi connectivity index (χ0n) is 22.8. The first-order valence-electron chi connectivity index (χ1n) is 13.5. The Morgan fingerprint density at radius 1 is 0.919 bits per heavy atom. The number of sulfone groups is 1. The number of nitrogens with zero attached hydrogens (tertiary/aromatic N) is 4. The normalized spacial score (nSPS) is 17.3. The molecule has 0 aromatic heterocycles. The molecule has 0 N–H and O–H groups in total. The SMILES string of the molecule is CN(C)CCN(C)c1cc(N2CCC(c3ccccc3)CC2)c(S(C)(=O)=O)cc1C(=O)N1CCCCC1. The van der Waals surface area contributed by atoms with Gasteiger partial charge in [0.1, 0.15) is 0 Å². The zero-order valence-corrected chi connectivity index (χ0v) is 23.6. The molecule has 2 saturated heterocycles. The summed E-state index contributed by atoms with van der Waals surface area (Å²) < 4.78 is 26.1. The first kappa shape index (κ1) is 27.5. The van der Waals surface area contributed by atoms with Gasteiger partial charge in [0, 0.05) is 52.6 Å². The summed E-state index contributed by atoms with van der Waals surface area (Å²) in [6, 6.07) is 14.2. The van der Waals surface area contributed by atoms with Crippen molar-refractivity contribution >= 4 is 27.1 Å². The lowest BCUT2D eigenvalue weighted by molar-refractivity contribution is 0.0724. The summed E-state index contributed by atoms with van der Waals surface area (Å²) in [5.74, 6) is 0.409. The maximum atomic E-state index is 13.7. The minimum absolute atomic E-state index is 0.0642. The van der Waals surface area contributed by atoms with Crippen molar-refractivity contribution in [2.75, 3.05) is 76.5 Å². The summed E-state index contributed by atoms with van der Waals surface area (Å²) in [6.45, 7) is 4.58. The van der Waals surface area contributed by atoms with E-state index in [2.05, 4.69) is 39.0 Å².